The molecule has 108 valence electrons. The summed E-state index contributed by atoms with van der Waals surface area (Å²) in [6, 6.07) is 6.25. The molecule has 1 aliphatic heterocycles. The zero-order chi connectivity index (χ0) is 14.7. The van der Waals surface area contributed by atoms with Crippen molar-refractivity contribution >= 4 is 12.0 Å². The molecule has 20 heavy (non-hydrogen) atoms. The molecule has 0 N–H and O–H groups in total. The van der Waals surface area contributed by atoms with Crippen LogP contribution in [0.1, 0.15) is 30.5 Å². The SMILES string of the molecule is Cc1ccc(/C=C/C(=O)N2CC(C)OC(C)C2)c(C)c1. The molecule has 1 aromatic rings. The minimum Gasteiger partial charge on any atom is -0.372 e. The Kier molecular flexibility index (Phi) is 4.61. The van der Waals surface area contributed by atoms with Crippen LogP contribution in [-0.2, 0) is 9.53 Å². The van der Waals surface area contributed by atoms with Gasteiger partial charge in [0.15, 0.2) is 0 Å². The predicted octanol–water partition coefficient (Wildman–Crippen LogP) is 2.95. The summed E-state index contributed by atoms with van der Waals surface area (Å²) in [5.74, 6) is 0.0620. The molecule has 1 aromatic carbocycles. The molecule has 1 aliphatic rings. The Balaban J connectivity index is 2.05. The average molecular weight is 273 g/mol. The number of hydrogen-bond acceptors (Lipinski definition) is 2. The molecule has 1 fully saturated rings. The van der Waals surface area contributed by atoms with Crippen molar-refractivity contribution in [3.63, 3.8) is 0 Å². The van der Waals surface area contributed by atoms with Gasteiger partial charge in [-0.1, -0.05) is 23.8 Å². The van der Waals surface area contributed by atoms with Gasteiger partial charge < -0.3 is 9.64 Å². The molecule has 0 aromatic heterocycles. The molecule has 1 saturated heterocycles. The zero-order valence-corrected chi connectivity index (χ0v) is 12.7. The van der Waals surface area contributed by atoms with Gasteiger partial charge in [0, 0.05) is 19.2 Å². The van der Waals surface area contributed by atoms with Crippen LogP contribution in [0.25, 0.3) is 6.08 Å². The summed E-state index contributed by atoms with van der Waals surface area (Å²) in [4.78, 5) is 14.1. The van der Waals surface area contributed by atoms with Gasteiger partial charge in [-0.2, -0.15) is 0 Å². The first-order valence-electron chi connectivity index (χ1n) is 7.15. The van der Waals surface area contributed by atoms with E-state index < -0.39 is 0 Å². The highest BCUT2D eigenvalue weighted by Crippen LogP contribution is 2.14. The molecule has 0 radical (unpaired) electrons. The van der Waals surface area contributed by atoms with Crippen LogP contribution in [0.2, 0.25) is 0 Å². The van der Waals surface area contributed by atoms with Crippen molar-refractivity contribution in [2.45, 2.75) is 39.9 Å². The van der Waals surface area contributed by atoms with E-state index in [1.165, 1.54) is 11.1 Å². The molecule has 0 aliphatic carbocycles. The third-order valence-electron chi connectivity index (χ3n) is 3.56. The highest BCUT2D eigenvalue weighted by molar-refractivity contribution is 5.92. The number of rotatable bonds is 2. The fourth-order valence-corrected chi connectivity index (χ4v) is 2.64. The van der Waals surface area contributed by atoms with Crippen LogP contribution >= 0.6 is 0 Å². The van der Waals surface area contributed by atoms with Crippen LogP contribution in [0.15, 0.2) is 24.3 Å². The van der Waals surface area contributed by atoms with E-state index in [0.717, 1.165) is 5.56 Å². The van der Waals surface area contributed by atoms with E-state index in [-0.39, 0.29) is 18.1 Å². The van der Waals surface area contributed by atoms with Crippen molar-refractivity contribution < 1.29 is 9.53 Å². The maximum absolute atomic E-state index is 12.2. The lowest BCUT2D eigenvalue weighted by atomic mass is 10.1. The van der Waals surface area contributed by atoms with Gasteiger partial charge in [-0.15, -0.1) is 0 Å². The summed E-state index contributed by atoms with van der Waals surface area (Å²) >= 11 is 0. The van der Waals surface area contributed by atoms with Gasteiger partial charge >= 0.3 is 0 Å². The topological polar surface area (TPSA) is 29.5 Å². The van der Waals surface area contributed by atoms with Crippen molar-refractivity contribution in [3.05, 3.63) is 41.0 Å². The number of carbonyl (C=O) groups excluding carboxylic acids is 1. The number of nitrogens with zero attached hydrogens (tertiary/aromatic N) is 1. The Bertz CT molecular complexity index is 512. The van der Waals surface area contributed by atoms with E-state index in [2.05, 4.69) is 32.0 Å². The second-order valence-electron chi connectivity index (χ2n) is 5.69. The summed E-state index contributed by atoms with van der Waals surface area (Å²) < 4.78 is 5.64. The summed E-state index contributed by atoms with van der Waals surface area (Å²) in [5, 5.41) is 0. The number of morpholine rings is 1. The van der Waals surface area contributed by atoms with E-state index in [0.29, 0.717) is 13.1 Å². The zero-order valence-electron chi connectivity index (χ0n) is 12.7. The van der Waals surface area contributed by atoms with Gasteiger partial charge in [-0.25, -0.2) is 0 Å². The monoisotopic (exact) mass is 273 g/mol. The van der Waals surface area contributed by atoms with Crippen LogP contribution in [0.4, 0.5) is 0 Å². The molecular formula is C17H23NO2. The normalized spacial score (nSPS) is 23.3. The first kappa shape index (κ1) is 14.8. The summed E-state index contributed by atoms with van der Waals surface area (Å²) in [6.45, 7) is 9.48. The molecule has 2 rings (SSSR count). The predicted molar refractivity (Wildman–Crippen MR) is 81.5 cm³/mol. The number of hydrogen-bond donors (Lipinski definition) is 0. The van der Waals surface area contributed by atoms with Gasteiger partial charge in [-0.3, -0.25) is 4.79 Å². The second-order valence-corrected chi connectivity index (χ2v) is 5.69. The Morgan fingerprint density at radius 1 is 1.25 bits per heavy atom. The van der Waals surface area contributed by atoms with Crippen LogP contribution in [0, 0.1) is 13.8 Å². The Labute approximate surface area is 121 Å². The molecule has 1 heterocycles. The molecule has 0 saturated carbocycles. The first-order valence-corrected chi connectivity index (χ1v) is 7.15. The van der Waals surface area contributed by atoms with E-state index in [1.807, 2.05) is 24.8 Å². The smallest absolute Gasteiger partial charge is 0.246 e. The number of amides is 1. The van der Waals surface area contributed by atoms with Crippen LogP contribution in [-0.4, -0.2) is 36.1 Å². The minimum atomic E-state index is 0.0620. The fourth-order valence-electron chi connectivity index (χ4n) is 2.64. The lowest BCUT2D eigenvalue weighted by Crippen LogP contribution is -2.47. The second kappa shape index (κ2) is 6.23. The fraction of sp³-hybridized carbons (Fsp3) is 0.471. The van der Waals surface area contributed by atoms with E-state index in [9.17, 15) is 4.79 Å². The van der Waals surface area contributed by atoms with E-state index >= 15 is 0 Å². The molecule has 3 nitrogen and oxygen atoms in total. The Morgan fingerprint density at radius 2 is 1.90 bits per heavy atom. The summed E-state index contributed by atoms with van der Waals surface area (Å²) in [5.41, 5.74) is 3.53. The lowest BCUT2D eigenvalue weighted by molar-refractivity contribution is -0.137. The van der Waals surface area contributed by atoms with Gasteiger partial charge in [-0.05, 0) is 44.9 Å². The molecular weight excluding hydrogens is 250 g/mol. The van der Waals surface area contributed by atoms with Crippen LogP contribution in [0.5, 0.6) is 0 Å². The molecule has 2 atom stereocenters. The maximum Gasteiger partial charge on any atom is 0.246 e. The number of aryl methyl sites for hydroxylation is 2. The van der Waals surface area contributed by atoms with Crippen molar-refractivity contribution in [2.24, 2.45) is 0 Å². The third kappa shape index (κ3) is 3.70. The van der Waals surface area contributed by atoms with Gasteiger partial charge in [0.25, 0.3) is 0 Å². The third-order valence-corrected chi connectivity index (χ3v) is 3.56. The van der Waals surface area contributed by atoms with E-state index in [4.69, 9.17) is 4.74 Å². The van der Waals surface area contributed by atoms with Crippen LogP contribution in [0.3, 0.4) is 0 Å². The van der Waals surface area contributed by atoms with E-state index in [1.54, 1.807) is 6.08 Å². The van der Waals surface area contributed by atoms with Crippen molar-refractivity contribution in [2.75, 3.05) is 13.1 Å². The van der Waals surface area contributed by atoms with Crippen molar-refractivity contribution in [1.82, 2.24) is 4.90 Å². The molecule has 0 spiro atoms. The largest absolute Gasteiger partial charge is 0.372 e. The quantitative estimate of drug-likeness (QED) is 0.775. The highest BCUT2D eigenvalue weighted by Gasteiger charge is 2.24. The maximum atomic E-state index is 12.2. The van der Waals surface area contributed by atoms with Gasteiger partial charge in [0.05, 0.1) is 12.2 Å². The standard InChI is InChI=1S/C17H23NO2/c1-12-5-6-16(13(2)9-12)7-8-17(19)18-10-14(3)20-15(4)11-18/h5-9,14-15H,10-11H2,1-4H3/b8-7+. The minimum absolute atomic E-state index is 0.0620. The number of ether oxygens (including phenoxy) is 1. The van der Waals surface area contributed by atoms with Crippen molar-refractivity contribution in [1.29, 1.82) is 0 Å². The molecule has 1 amide bonds. The summed E-state index contributed by atoms with van der Waals surface area (Å²) in [6.07, 6.45) is 3.79. The molecule has 0 bridgehead atoms. The highest BCUT2D eigenvalue weighted by atomic mass is 16.5. The van der Waals surface area contributed by atoms with Crippen LogP contribution < -0.4 is 0 Å². The molecule has 3 heteroatoms. The molecule has 2 unspecified atom stereocenters. The Hall–Kier alpha value is -1.61. The summed E-state index contributed by atoms with van der Waals surface area (Å²) in [7, 11) is 0. The van der Waals surface area contributed by atoms with Gasteiger partial charge in [0.2, 0.25) is 5.91 Å². The van der Waals surface area contributed by atoms with Crippen molar-refractivity contribution in [3.8, 4) is 0 Å². The average Bonchev–Trinajstić information content (AvgIpc) is 2.36. The number of benzene rings is 1. The first-order chi connectivity index (χ1) is 9.45. The lowest BCUT2D eigenvalue weighted by Gasteiger charge is -2.34. The Morgan fingerprint density at radius 3 is 2.50 bits per heavy atom. The number of carbonyl (C=O) groups is 1. The van der Waals surface area contributed by atoms with Gasteiger partial charge in [0.1, 0.15) is 0 Å².